The fourth-order valence-corrected chi connectivity index (χ4v) is 2.06. The lowest BCUT2D eigenvalue weighted by Crippen LogP contribution is -2.28. The second-order valence-electron chi connectivity index (χ2n) is 7.06. The Kier molecular flexibility index (Phi) is 5.03. The van der Waals surface area contributed by atoms with Gasteiger partial charge in [-0.1, -0.05) is 54.6 Å². The average Bonchev–Trinajstić information content (AvgIpc) is 2.53. The molecule has 0 unspecified atom stereocenters. The Hall–Kier alpha value is -1.97. The van der Waals surface area contributed by atoms with E-state index in [0.717, 1.165) is 5.56 Å². The zero-order valence-corrected chi connectivity index (χ0v) is 14.4. The zero-order valence-electron chi connectivity index (χ0n) is 14.4. The molecule has 23 heavy (non-hydrogen) atoms. The van der Waals surface area contributed by atoms with E-state index >= 15 is 0 Å². The summed E-state index contributed by atoms with van der Waals surface area (Å²) in [6.07, 6.45) is 0. The fraction of sp³-hybridized carbons (Fsp3) is 0.350. The number of carbonyl (C=O) groups is 1. The van der Waals surface area contributed by atoms with Crippen LogP contribution in [0, 0.1) is 0 Å². The van der Waals surface area contributed by atoms with Crippen LogP contribution in [-0.2, 0) is 15.4 Å². The molecule has 0 saturated heterocycles. The van der Waals surface area contributed by atoms with Crippen molar-refractivity contribution < 1.29 is 14.6 Å². The largest absolute Gasteiger partial charge is 0.289 e. The summed E-state index contributed by atoms with van der Waals surface area (Å²) in [5, 5.41) is 0. The smallest absolute Gasteiger partial charge is 0.193 e. The third-order valence-corrected chi connectivity index (χ3v) is 3.38. The average molecular weight is 312 g/mol. The van der Waals surface area contributed by atoms with Crippen LogP contribution in [-0.4, -0.2) is 11.4 Å². The lowest BCUT2D eigenvalue weighted by molar-refractivity contribution is -0.401. The van der Waals surface area contributed by atoms with E-state index in [0.29, 0.717) is 11.1 Å². The highest BCUT2D eigenvalue weighted by atomic mass is 17.2. The molecule has 0 N–H and O–H groups in total. The molecule has 0 aliphatic rings. The van der Waals surface area contributed by atoms with Crippen LogP contribution in [0.5, 0.6) is 0 Å². The second-order valence-corrected chi connectivity index (χ2v) is 7.06. The van der Waals surface area contributed by atoms with Crippen LogP contribution in [0.15, 0.2) is 54.6 Å². The summed E-state index contributed by atoms with van der Waals surface area (Å²) in [5.41, 5.74) is 1.33. The monoisotopic (exact) mass is 312 g/mol. The van der Waals surface area contributed by atoms with Crippen molar-refractivity contribution in [2.75, 3.05) is 0 Å². The first-order valence-corrected chi connectivity index (χ1v) is 7.76. The zero-order chi connectivity index (χ0) is 17.1. The highest BCUT2D eigenvalue weighted by Gasteiger charge is 2.26. The molecule has 0 aliphatic heterocycles. The minimum Gasteiger partial charge on any atom is -0.289 e. The molecule has 0 aromatic heterocycles. The van der Waals surface area contributed by atoms with Gasteiger partial charge in [0.1, 0.15) is 5.60 Å². The Labute approximate surface area is 138 Å². The molecule has 2 aromatic rings. The Morgan fingerprint density at radius 3 is 1.78 bits per heavy atom. The van der Waals surface area contributed by atoms with Gasteiger partial charge in [-0.15, -0.1) is 0 Å². The molecule has 0 heterocycles. The van der Waals surface area contributed by atoms with Crippen LogP contribution in [0.2, 0.25) is 0 Å². The van der Waals surface area contributed by atoms with Crippen molar-refractivity contribution in [2.45, 2.75) is 45.8 Å². The van der Waals surface area contributed by atoms with Gasteiger partial charge in [-0.25, -0.2) is 9.78 Å². The predicted octanol–water partition coefficient (Wildman–Crippen LogP) is 4.90. The molecule has 0 saturated carbocycles. The Morgan fingerprint density at radius 1 is 0.739 bits per heavy atom. The van der Waals surface area contributed by atoms with Gasteiger partial charge in [-0.05, 0) is 40.2 Å². The molecule has 0 atom stereocenters. The Balaban J connectivity index is 2.14. The number of ketones is 1. The predicted molar refractivity (Wildman–Crippen MR) is 91.3 cm³/mol. The summed E-state index contributed by atoms with van der Waals surface area (Å²) in [4.78, 5) is 23.4. The van der Waals surface area contributed by atoms with Gasteiger partial charge in [0.25, 0.3) is 0 Å². The first-order valence-electron chi connectivity index (χ1n) is 7.76. The second kappa shape index (κ2) is 6.65. The number of carbonyl (C=O) groups excluding carboxylic acids is 1. The first-order chi connectivity index (χ1) is 10.7. The van der Waals surface area contributed by atoms with E-state index in [1.54, 1.807) is 0 Å². The van der Waals surface area contributed by atoms with Gasteiger partial charge < -0.3 is 0 Å². The van der Waals surface area contributed by atoms with Crippen LogP contribution >= 0.6 is 0 Å². The maximum Gasteiger partial charge on any atom is 0.193 e. The number of hydrogen-bond donors (Lipinski definition) is 0. The van der Waals surface area contributed by atoms with E-state index in [-0.39, 0.29) is 11.4 Å². The number of hydrogen-bond acceptors (Lipinski definition) is 3. The fourth-order valence-electron chi connectivity index (χ4n) is 2.06. The molecule has 2 aromatic carbocycles. The minimum absolute atomic E-state index is 0.0156. The molecular weight excluding hydrogens is 288 g/mol. The number of rotatable bonds is 5. The van der Waals surface area contributed by atoms with E-state index in [1.807, 2.05) is 89.2 Å². The highest BCUT2D eigenvalue weighted by molar-refractivity contribution is 6.08. The van der Waals surface area contributed by atoms with Crippen molar-refractivity contribution in [3.63, 3.8) is 0 Å². The van der Waals surface area contributed by atoms with Crippen molar-refractivity contribution in [3.8, 4) is 0 Å². The van der Waals surface area contributed by atoms with Gasteiger partial charge in [0.05, 0.1) is 5.60 Å². The van der Waals surface area contributed by atoms with Crippen LogP contribution in [0.25, 0.3) is 0 Å². The molecule has 0 spiro atoms. The lowest BCUT2D eigenvalue weighted by atomic mass is 9.95. The van der Waals surface area contributed by atoms with Crippen molar-refractivity contribution in [1.82, 2.24) is 0 Å². The van der Waals surface area contributed by atoms with Crippen molar-refractivity contribution in [2.24, 2.45) is 0 Å². The maximum absolute atomic E-state index is 12.4. The summed E-state index contributed by atoms with van der Waals surface area (Å²) in [5.74, 6) is 0.0156. The molecule has 3 heteroatoms. The van der Waals surface area contributed by atoms with Crippen LogP contribution < -0.4 is 0 Å². The third kappa shape index (κ3) is 4.75. The molecule has 0 aliphatic carbocycles. The van der Waals surface area contributed by atoms with Crippen LogP contribution in [0.3, 0.4) is 0 Å². The summed E-state index contributed by atoms with van der Waals surface area (Å²) >= 11 is 0. The normalized spacial score (nSPS) is 12.2. The quantitative estimate of drug-likeness (QED) is 0.447. The van der Waals surface area contributed by atoms with Crippen molar-refractivity contribution >= 4 is 5.78 Å². The SMILES string of the molecule is CC(C)(C)OOC(C)(C)c1ccc(C(=O)c2ccccc2)cc1. The summed E-state index contributed by atoms with van der Waals surface area (Å²) < 4.78 is 0. The van der Waals surface area contributed by atoms with Crippen LogP contribution in [0.1, 0.15) is 56.1 Å². The van der Waals surface area contributed by atoms with Gasteiger partial charge in [-0.2, -0.15) is 0 Å². The van der Waals surface area contributed by atoms with Gasteiger partial charge in [0.15, 0.2) is 5.78 Å². The van der Waals surface area contributed by atoms with E-state index in [4.69, 9.17) is 9.78 Å². The Morgan fingerprint density at radius 2 is 1.26 bits per heavy atom. The first kappa shape index (κ1) is 17.4. The summed E-state index contributed by atoms with van der Waals surface area (Å²) in [6, 6.07) is 16.7. The molecule has 0 fully saturated rings. The van der Waals surface area contributed by atoms with E-state index in [2.05, 4.69) is 0 Å². The van der Waals surface area contributed by atoms with Crippen molar-refractivity contribution in [1.29, 1.82) is 0 Å². The topological polar surface area (TPSA) is 35.5 Å². The van der Waals surface area contributed by atoms with Gasteiger partial charge in [-0.3, -0.25) is 4.79 Å². The molecule has 0 radical (unpaired) electrons. The van der Waals surface area contributed by atoms with E-state index in [1.165, 1.54) is 0 Å². The highest BCUT2D eigenvalue weighted by Crippen LogP contribution is 2.27. The van der Waals surface area contributed by atoms with E-state index in [9.17, 15) is 4.79 Å². The molecule has 3 nitrogen and oxygen atoms in total. The molecule has 0 bridgehead atoms. The lowest BCUT2D eigenvalue weighted by Gasteiger charge is -2.29. The summed E-state index contributed by atoms with van der Waals surface area (Å²) in [6.45, 7) is 9.68. The van der Waals surface area contributed by atoms with Crippen molar-refractivity contribution in [3.05, 3.63) is 71.3 Å². The van der Waals surface area contributed by atoms with Gasteiger partial charge in [0, 0.05) is 11.1 Å². The minimum atomic E-state index is -0.596. The Bertz CT molecular complexity index is 650. The van der Waals surface area contributed by atoms with E-state index < -0.39 is 5.60 Å². The molecule has 0 amide bonds. The number of benzene rings is 2. The van der Waals surface area contributed by atoms with Crippen LogP contribution in [0.4, 0.5) is 0 Å². The molecular formula is C20H24O3. The maximum atomic E-state index is 12.4. The summed E-state index contributed by atoms with van der Waals surface area (Å²) in [7, 11) is 0. The molecule has 122 valence electrons. The standard InChI is InChI=1S/C20H24O3/c1-19(2,3)22-23-20(4,5)17-13-11-16(12-14-17)18(21)15-9-7-6-8-10-15/h6-14H,1-5H3. The van der Waals surface area contributed by atoms with Gasteiger partial charge >= 0.3 is 0 Å². The van der Waals surface area contributed by atoms with Gasteiger partial charge in [0.2, 0.25) is 0 Å². The third-order valence-electron chi connectivity index (χ3n) is 3.38. The molecule has 2 rings (SSSR count).